The zero-order valence-electron chi connectivity index (χ0n) is 19.5. The molecule has 5 rings (SSSR count). The normalized spacial score (nSPS) is 22.5. The molecule has 8 heteroatoms. The molecule has 0 bridgehead atoms. The Balaban J connectivity index is 1.67. The summed E-state index contributed by atoms with van der Waals surface area (Å²) >= 11 is 6.30. The Kier molecular flexibility index (Phi) is 6.82. The van der Waals surface area contributed by atoms with E-state index in [1.807, 2.05) is 24.3 Å². The third-order valence-electron chi connectivity index (χ3n) is 7.38. The molecule has 0 spiro atoms. The summed E-state index contributed by atoms with van der Waals surface area (Å²) in [4.78, 5) is 13.9. The molecule has 7 nitrogen and oxygen atoms in total. The SMILES string of the molecule is CC1CCC(Cn2c(C(O)C3CCOCC3)nc3nc(C#N)nc(-c4cccc(Cl)c4)c32)CC1. The molecular weight excluding hydrogens is 450 g/mol. The van der Waals surface area contributed by atoms with Gasteiger partial charge in [-0.3, -0.25) is 0 Å². The molecule has 1 saturated carbocycles. The van der Waals surface area contributed by atoms with Gasteiger partial charge in [-0.05, 0) is 55.6 Å². The van der Waals surface area contributed by atoms with Crippen molar-refractivity contribution in [3.8, 4) is 17.3 Å². The van der Waals surface area contributed by atoms with E-state index < -0.39 is 6.10 Å². The van der Waals surface area contributed by atoms with Crippen molar-refractivity contribution >= 4 is 22.8 Å². The lowest BCUT2D eigenvalue weighted by molar-refractivity contribution is 0.00228. The summed E-state index contributed by atoms with van der Waals surface area (Å²) in [7, 11) is 0. The second kappa shape index (κ2) is 9.99. The highest BCUT2D eigenvalue weighted by Crippen LogP contribution is 2.37. The smallest absolute Gasteiger partial charge is 0.234 e. The van der Waals surface area contributed by atoms with E-state index in [0.29, 0.717) is 41.3 Å². The van der Waals surface area contributed by atoms with E-state index in [2.05, 4.69) is 27.5 Å². The molecule has 2 fully saturated rings. The first kappa shape index (κ1) is 23.2. The fourth-order valence-electron chi connectivity index (χ4n) is 5.36. The Hall–Kier alpha value is -2.53. The van der Waals surface area contributed by atoms with Crippen molar-refractivity contribution in [3.05, 3.63) is 40.9 Å². The van der Waals surface area contributed by atoms with E-state index >= 15 is 0 Å². The van der Waals surface area contributed by atoms with E-state index in [1.54, 1.807) is 0 Å². The van der Waals surface area contributed by atoms with Crippen molar-refractivity contribution in [1.82, 2.24) is 19.5 Å². The number of hydrogen-bond acceptors (Lipinski definition) is 6. The van der Waals surface area contributed by atoms with Crippen LogP contribution in [0.2, 0.25) is 5.02 Å². The average Bonchev–Trinajstić information content (AvgIpc) is 3.23. The van der Waals surface area contributed by atoms with Crippen molar-refractivity contribution in [2.45, 2.75) is 58.1 Å². The number of rotatable bonds is 5. The number of fused-ring (bicyclic) bond motifs is 1. The predicted octanol–water partition coefficient (Wildman–Crippen LogP) is 5.30. The van der Waals surface area contributed by atoms with Crippen LogP contribution >= 0.6 is 11.6 Å². The first-order valence-electron chi connectivity index (χ1n) is 12.2. The van der Waals surface area contributed by atoms with Crippen molar-refractivity contribution < 1.29 is 9.84 Å². The summed E-state index contributed by atoms with van der Waals surface area (Å²) in [5.41, 5.74) is 2.65. The first-order valence-corrected chi connectivity index (χ1v) is 12.6. The maximum Gasteiger partial charge on any atom is 0.234 e. The summed E-state index contributed by atoms with van der Waals surface area (Å²) in [6.45, 7) is 4.36. The number of hydrogen-bond donors (Lipinski definition) is 1. The van der Waals surface area contributed by atoms with Crippen LogP contribution in [-0.4, -0.2) is 37.8 Å². The van der Waals surface area contributed by atoms with Crippen LogP contribution in [0.1, 0.15) is 63.2 Å². The van der Waals surface area contributed by atoms with E-state index in [-0.39, 0.29) is 11.7 Å². The zero-order chi connectivity index (χ0) is 23.7. The third kappa shape index (κ3) is 4.68. The molecule has 3 aromatic rings. The highest BCUT2D eigenvalue weighted by Gasteiger charge is 2.31. The minimum absolute atomic E-state index is 0.0609. The van der Waals surface area contributed by atoms with Crippen LogP contribution in [0.15, 0.2) is 24.3 Å². The molecule has 1 N–H and O–H groups in total. The number of aliphatic hydroxyl groups excluding tert-OH is 1. The highest BCUT2D eigenvalue weighted by atomic mass is 35.5. The van der Waals surface area contributed by atoms with Gasteiger partial charge in [0, 0.05) is 30.3 Å². The molecule has 1 aliphatic heterocycles. The maximum atomic E-state index is 11.5. The number of aliphatic hydroxyl groups is 1. The van der Waals surface area contributed by atoms with Gasteiger partial charge in [0.2, 0.25) is 5.82 Å². The molecule has 1 saturated heterocycles. The van der Waals surface area contributed by atoms with Gasteiger partial charge < -0.3 is 14.4 Å². The fraction of sp³-hybridized carbons (Fsp3) is 0.538. The Morgan fingerprint density at radius 3 is 2.62 bits per heavy atom. The maximum absolute atomic E-state index is 11.5. The van der Waals surface area contributed by atoms with Gasteiger partial charge in [0.1, 0.15) is 29.2 Å². The lowest BCUT2D eigenvalue weighted by Gasteiger charge is -2.30. The third-order valence-corrected chi connectivity index (χ3v) is 7.62. The molecule has 0 radical (unpaired) electrons. The summed E-state index contributed by atoms with van der Waals surface area (Å²) in [6, 6.07) is 9.54. The Bertz CT molecular complexity index is 1210. The monoisotopic (exact) mass is 479 g/mol. The first-order chi connectivity index (χ1) is 16.5. The number of halogens is 1. The number of benzene rings is 1. The molecular formula is C26H30ClN5O2. The second-order valence-electron chi connectivity index (χ2n) is 9.79. The summed E-state index contributed by atoms with van der Waals surface area (Å²) in [5.74, 6) is 2.01. The van der Waals surface area contributed by atoms with Crippen LogP contribution in [0, 0.1) is 29.1 Å². The molecule has 1 aliphatic carbocycles. The van der Waals surface area contributed by atoms with Crippen LogP contribution in [0.5, 0.6) is 0 Å². The lowest BCUT2D eigenvalue weighted by atomic mass is 9.83. The standard InChI is InChI=1S/C26H30ClN5O2/c1-16-5-7-17(8-6-16)15-32-23-22(19-3-2-4-20(27)13-19)29-21(14-28)30-25(23)31-26(32)24(33)18-9-11-34-12-10-18/h2-4,13,16-18,24,33H,5-12,15H2,1H3. The molecule has 34 heavy (non-hydrogen) atoms. The van der Waals surface area contributed by atoms with Crippen molar-refractivity contribution in [1.29, 1.82) is 5.26 Å². The van der Waals surface area contributed by atoms with Crippen molar-refractivity contribution in [2.75, 3.05) is 13.2 Å². The molecule has 0 amide bonds. The lowest BCUT2D eigenvalue weighted by Crippen LogP contribution is -2.26. The quantitative estimate of drug-likeness (QED) is 0.533. The van der Waals surface area contributed by atoms with Gasteiger partial charge in [0.15, 0.2) is 5.65 Å². The van der Waals surface area contributed by atoms with Gasteiger partial charge in [0.25, 0.3) is 0 Å². The molecule has 2 aliphatic rings. The predicted molar refractivity (Wildman–Crippen MR) is 130 cm³/mol. The molecule has 2 aromatic heterocycles. The van der Waals surface area contributed by atoms with Crippen LogP contribution < -0.4 is 0 Å². The number of aromatic nitrogens is 4. The number of nitrogens with zero attached hydrogens (tertiary/aromatic N) is 5. The topological polar surface area (TPSA) is 96.9 Å². The van der Waals surface area contributed by atoms with Crippen LogP contribution in [-0.2, 0) is 11.3 Å². The highest BCUT2D eigenvalue weighted by molar-refractivity contribution is 6.30. The number of nitriles is 1. The van der Waals surface area contributed by atoms with Crippen LogP contribution in [0.25, 0.3) is 22.4 Å². The van der Waals surface area contributed by atoms with Crippen molar-refractivity contribution in [3.63, 3.8) is 0 Å². The summed E-state index contributed by atoms with van der Waals surface area (Å²) < 4.78 is 7.65. The van der Waals surface area contributed by atoms with Crippen LogP contribution in [0.3, 0.4) is 0 Å². The Labute approximate surface area is 204 Å². The van der Waals surface area contributed by atoms with E-state index in [1.165, 1.54) is 12.8 Å². The zero-order valence-corrected chi connectivity index (χ0v) is 20.2. The molecule has 1 unspecified atom stereocenters. The van der Waals surface area contributed by atoms with Gasteiger partial charge >= 0.3 is 0 Å². The number of ether oxygens (including phenoxy) is 1. The van der Waals surface area contributed by atoms with E-state index in [9.17, 15) is 10.4 Å². The minimum atomic E-state index is -0.724. The minimum Gasteiger partial charge on any atom is -0.385 e. The Morgan fingerprint density at radius 1 is 1.15 bits per heavy atom. The summed E-state index contributed by atoms with van der Waals surface area (Å²) in [6.07, 6.45) is 5.59. The number of imidazole rings is 1. The average molecular weight is 480 g/mol. The van der Waals surface area contributed by atoms with Gasteiger partial charge in [-0.1, -0.05) is 43.5 Å². The molecule has 1 aromatic carbocycles. The largest absolute Gasteiger partial charge is 0.385 e. The van der Waals surface area contributed by atoms with E-state index in [0.717, 1.165) is 49.2 Å². The Morgan fingerprint density at radius 2 is 1.91 bits per heavy atom. The molecule has 3 heterocycles. The van der Waals surface area contributed by atoms with E-state index in [4.69, 9.17) is 21.3 Å². The summed E-state index contributed by atoms with van der Waals surface area (Å²) in [5, 5.41) is 21.7. The van der Waals surface area contributed by atoms with Gasteiger partial charge in [-0.2, -0.15) is 10.2 Å². The van der Waals surface area contributed by atoms with Gasteiger partial charge in [-0.25, -0.2) is 9.97 Å². The second-order valence-corrected chi connectivity index (χ2v) is 10.2. The fourth-order valence-corrected chi connectivity index (χ4v) is 5.55. The molecule has 178 valence electrons. The molecule has 1 atom stereocenters. The van der Waals surface area contributed by atoms with Crippen LogP contribution in [0.4, 0.5) is 0 Å². The van der Waals surface area contributed by atoms with Gasteiger partial charge in [-0.15, -0.1) is 0 Å². The van der Waals surface area contributed by atoms with Crippen molar-refractivity contribution in [2.24, 2.45) is 17.8 Å². The van der Waals surface area contributed by atoms with Gasteiger partial charge in [0.05, 0.1) is 0 Å².